The number of aromatic nitrogens is 2. The highest BCUT2D eigenvalue weighted by molar-refractivity contribution is 6.30. The maximum Gasteiger partial charge on any atom is 0.147 e. The number of rotatable bonds is 1. The maximum absolute atomic E-state index is 5.52. The molecule has 0 saturated carbocycles. The highest BCUT2D eigenvalue weighted by atomic mass is 16.5. The lowest BCUT2D eigenvalue weighted by Gasteiger charge is -2.35. The Labute approximate surface area is 90.1 Å². The van der Waals surface area contributed by atoms with Crippen LogP contribution in [0.5, 0.6) is 0 Å². The SMILES string of the molecule is [B]c1cnc(N2C3CCC2COC3)cn1. The standard InChI is InChI=1S/C10H12BN3O/c11-9-3-13-10(4-12-9)14-7-1-2-8(14)6-15-5-7/h3-4,7-8H,1-2,5-6H2. The summed E-state index contributed by atoms with van der Waals surface area (Å²) in [6.45, 7) is 1.62. The molecule has 2 aliphatic rings. The maximum atomic E-state index is 5.52. The number of ether oxygens (including phenoxy) is 1. The fraction of sp³-hybridized carbons (Fsp3) is 0.600. The molecule has 4 nitrogen and oxygen atoms in total. The Bertz CT molecular complexity index is 340. The van der Waals surface area contributed by atoms with E-state index >= 15 is 0 Å². The minimum atomic E-state index is 0.472. The van der Waals surface area contributed by atoms with Crippen LogP contribution in [0.25, 0.3) is 0 Å². The van der Waals surface area contributed by atoms with Gasteiger partial charge in [0.2, 0.25) is 0 Å². The summed E-state index contributed by atoms with van der Waals surface area (Å²) in [5.74, 6) is 0.931. The summed E-state index contributed by atoms with van der Waals surface area (Å²) < 4.78 is 5.52. The predicted molar refractivity (Wildman–Crippen MR) is 57.5 cm³/mol. The van der Waals surface area contributed by atoms with Gasteiger partial charge in [-0.05, 0) is 12.8 Å². The zero-order valence-electron chi connectivity index (χ0n) is 8.47. The average molecular weight is 201 g/mol. The third kappa shape index (κ3) is 1.51. The molecule has 0 spiro atoms. The lowest BCUT2D eigenvalue weighted by Crippen LogP contribution is -2.46. The van der Waals surface area contributed by atoms with Gasteiger partial charge in [-0.3, -0.25) is 4.98 Å². The zero-order chi connectivity index (χ0) is 10.3. The minimum absolute atomic E-state index is 0.472. The van der Waals surface area contributed by atoms with Gasteiger partial charge in [0.25, 0.3) is 0 Å². The second-order valence-corrected chi connectivity index (χ2v) is 4.13. The lowest BCUT2D eigenvalue weighted by molar-refractivity contribution is 0.0902. The van der Waals surface area contributed by atoms with Crippen molar-refractivity contribution in [2.75, 3.05) is 18.1 Å². The average Bonchev–Trinajstić information content (AvgIpc) is 2.51. The van der Waals surface area contributed by atoms with Gasteiger partial charge in [0.05, 0.1) is 31.5 Å². The molecule has 2 unspecified atom stereocenters. The van der Waals surface area contributed by atoms with Gasteiger partial charge < -0.3 is 9.64 Å². The summed E-state index contributed by atoms with van der Waals surface area (Å²) >= 11 is 0. The molecule has 0 aliphatic carbocycles. The van der Waals surface area contributed by atoms with Crippen molar-refractivity contribution in [3.8, 4) is 0 Å². The van der Waals surface area contributed by atoms with E-state index in [0.717, 1.165) is 19.0 Å². The highest BCUT2D eigenvalue weighted by Crippen LogP contribution is 2.31. The topological polar surface area (TPSA) is 38.2 Å². The van der Waals surface area contributed by atoms with Gasteiger partial charge in [0.1, 0.15) is 13.7 Å². The largest absolute Gasteiger partial charge is 0.377 e. The smallest absolute Gasteiger partial charge is 0.147 e. The van der Waals surface area contributed by atoms with Gasteiger partial charge >= 0.3 is 0 Å². The molecule has 0 amide bonds. The molecule has 2 radical (unpaired) electrons. The summed E-state index contributed by atoms with van der Waals surface area (Å²) in [6, 6.07) is 0.948. The van der Waals surface area contributed by atoms with Crippen molar-refractivity contribution in [2.24, 2.45) is 0 Å². The van der Waals surface area contributed by atoms with E-state index in [1.165, 1.54) is 12.8 Å². The van der Waals surface area contributed by atoms with Crippen LogP contribution in [0.15, 0.2) is 12.4 Å². The number of fused-ring (bicyclic) bond motifs is 2. The van der Waals surface area contributed by atoms with Crippen LogP contribution in [-0.4, -0.2) is 43.1 Å². The second kappa shape index (κ2) is 3.49. The molecular weight excluding hydrogens is 189 g/mol. The van der Waals surface area contributed by atoms with E-state index in [-0.39, 0.29) is 0 Å². The van der Waals surface area contributed by atoms with Gasteiger partial charge in [-0.2, -0.15) is 0 Å². The number of nitrogens with zero attached hydrogens (tertiary/aromatic N) is 3. The molecule has 0 aromatic carbocycles. The molecule has 2 aliphatic heterocycles. The van der Waals surface area contributed by atoms with Crippen molar-refractivity contribution in [2.45, 2.75) is 24.9 Å². The fourth-order valence-corrected chi connectivity index (χ4v) is 2.47. The number of anilines is 1. The second-order valence-electron chi connectivity index (χ2n) is 4.13. The van der Waals surface area contributed by atoms with Gasteiger partial charge in [-0.15, -0.1) is 0 Å². The molecule has 5 heteroatoms. The Morgan fingerprint density at radius 3 is 2.53 bits per heavy atom. The minimum Gasteiger partial charge on any atom is -0.377 e. The first kappa shape index (κ1) is 9.15. The van der Waals surface area contributed by atoms with Gasteiger partial charge in [-0.25, -0.2) is 4.98 Å². The van der Waals surface area contributed by atoms with E-state index in [4.69, 9.17) is 12.6 Å². The molecule has 76 valence electrons. The van der Waals surface area contributed by atoms with Crippen LogP contribution in [0, 0.1) is 0 Å². The summed E-state index contributed by atoms with van der Waals surface area (Å²) in [5.41, 5.74) is 0.472. The molecule has 2 fully saturated rings. The van der Waals surface area contributed by atoms with E-state index in [0.29, 0.717) is 17.7 Å². The molecule has 0 N–H and O–H groups in total. The Kier molecular flexibility index (Phi) is 2.13. The first-order valence-corrected chi connectivity index (χ1v) is 5.28. The highest BCUT2D eigenvalue weighted by Gasteiger charge is 2.38. The van der Waals surface area contributed by atoms with Crippen LogP contribution in [-0.2, 0) is 4.74 Å². The van der Waals surface area contributed by atoms with E-state index in [9.17, 15) is 0 Å². The Hall–Kier alpha value is -1.10. The third-order valence-electron chi connectivity index (χ3n) is 3.16. The van der Waals surface area contributed by atoms with Crippen molar-refractivity contribution in [3.63, 3.8) is 0 Å². The molecule has 2 bridgehead atoms. The Morgan fingerprint density at radius 1 is 1.20 bits per heavy atom. The predicted octanol–water partition coefficient (Wildman–Crippen LogP) is -0.362. The summed E-state index contributed by atoms with van der Waals surface area (Å²) in [5, 5.41) is 0. The van der Waals surface area contributed by atoms with Crippen LogP contribution in [0.2, 0.25) is 0 Å². The zero-order valence-corrected chi connectivity index (χ0v) is 8.47. The van der Waals surface area contributed by atoms with E-state index in [1.807, 2.05) is 0 Å². The van der Waals surface area contributed by atoms with Crippen LogP contribution >= 0.6 is 0 Å². The number of hydrogen-bond acceptors (Lipinski definition) is 4. The van der Waals surface area contributed by atoms with Gasteiger partial charge in [0, 0.05) is 11.8 Å². The van der Waals surface area contributed by atoms with Crippen LogP contribution < -0.4 is 10.5 Å². The normalized spacial score (nSPS) is 29.5. The van der Waals surface area contributed by atoms with Crippen molar-refractivity contribution < 1.29 is 4.74 Å². The molecule has 1 aromatic heterocycles. The molecule has 3 heterocycles. The lowest BCUT2D eigenvalue weighted by atomic mass is 10.1. The van der Waals surface area contributed by atoms with E-state index in [1.54, 1.807) is 12.4 Å². The van der Waals surface area contributed by atoms with Gasteiger partial charge in [0.15, 0.2) is 0 Å². The van der Waals surface area contributed by atoms with Crippen molar-refractivity contribution in [3.05, 3.63) is 12.4 Å². The molecule has 1 aromatic rings. The quantitative estimate of drug-likeness (QED) is 0.581. The summed E-state index contributed by atoms with van der Waals surface area (Å²) in [6.07, 6.45) is 5.75. The summed E-state index contributed by atoms with van der Waals surface area (Å²) in [7, 11) is 5.52. The number of hydrogen-bond donors (Lipinski definition) is 0. The monoisotopic (exact) mass is 201 g/mol. The summed E-state index contributed by atoms with van der Waals surface area (Å²) in [4.78, 5) is 10.7. The van der Waals surface area contributed by atoms with Crippen LogP contribution in [0.4, 0.5) is 5.82 Å². The third-order valence-corrected chi connectivity index (χ3v) is 3.16. The molecule has 15 heavy (non-hydrogen) atoms. The van der Waals surface area contributed by atoms with E-state index in [2.05, 4.69) is 14.9 Å². The van der Waals surface area contributed by atoms with Crippen molar-refractivity contribution in [1.29, 1.82) is 0 Å². The fourth-order valence-electron chi connectivity index (χ4n) is 2.47. The first-order chi connectivity index (χ1) is 7.34. The Balaban J connectivity index is 1.90. The number of morpholine rings is 1. The molecule has 2 atom stereocenters. The molecule has 3 rings (SSSR count). The molecule has 2 saturated heterocycles. The van der Waals surface area contributed by atoms with Gasteiger partial charge in [-0.1, -0.05) is 0 Å². The van der Waals surface area contributed by atoms with Crippen molar-refractivity contribution in [1.82, 2.24) is 9.97 Å². The Morgan fingerprint density at radius 2 is 1.93 bits per heavy atom. The first-order valence-electron chi connectivity index (χ1n) is 5.28. The van der Waals surface area contributed by atoms with Crippen molar-refractivity contribution >= 4 is 19.3 Å². The van der Waals surface area contributed by atoms with Crippen LogP contribution in [0.3, 0.4) is 0 Å². The van der Waals surface area contributed by atoms with E-state index < -0.39 is 0 Å². The molecular formula is C10H12BN3O. The van der Waals surface area contributed by atoms with Crippen LogP contribution in [0.1, 0.15) is 12.8 Å².